The van der Waals surface area contributed by atoms with Crippen molar-refractivity contribution in [2.45, 2.75) is 12.8 Å². The van der Waals surface area contributed by atoms with Crippen molar-refractivity contribution in [3.8, 4) is 11.3 Å². The number of carboxylic acids is 1. The van der Waals surface area contributed by atoms with E-state index in [1.807, 2.05) is 0 Å². The van der Waals surface area contributed by atoms with Gasteiger partial charge in [-0.3, -0.25) is 14.7 Å². The van der Waals surface area contributed by atoms with Crippen LogP contribution < -0.4 is 0 Å². The van der Waals surface area contributed by atoms with Gasteiger partial charge in [0.2, 0.25) is 0 Å². The molecule has 1 unspecified atom stereocenters. The topological polar surface area (TPSA) is 86.3 Å². The molecule has 126 valence electrons. The monoisotopic (exact) mass is 335 g/mol. The number of halogens is 2. The molecule has 0 radical (unpaired) electrons. The van der Waals surface area contributed by atoms with Crippen LogP contribution in [0, 0.1) is 17.6 Å². The van der Waals surface area contributed by atoms with Gasteiger partial charge in [0.05, 0.1) is 28.9 Å². The molecule has 3 rings (SSSR count). The van der Waals surface area contributed by atoms with Gasteiger partial charge in [-0.2, -0.15) is 5.10 Å². The number of carboxylic acid groups (broad SMARTS) is 1. The Bertz CT molecular complexity index is 770. The number of H-pyrrole nitrogens is 1. The Morgan fingerprint density at radius 2 is 2.00 bits per heavy atom. The van der Waals surface area contributed by atoms with Gasteiger partial charge < -0.3 is 10.0 Å². The van der Waals surface area contributed by atoms with Gasteiger partial charge in [0.15, 0.2) is 0 Å². The predicted molar refractivity (Wildman–Crippen MR) is 80.2 cm³/mol. The summed E-state index contributed by atoms with van der Waals surface area (Å²) >= 11 is 0. The highest BCUT2D eigenvalue weighted by Crippen LogP contribution is 2.29. The van der Waals surface area contributed by atoms with Gasteiger partial charge in [-0.25, -0.2) is 8.78 Å². The lowest BCUT2D eigenvalue weighted by Gasteiger charge is -2.30. The minimum Gasteiger partial charge on any atom is -0.481 e. The standard InChI is InChI=1S/C16H15F2N3O3/c17-11-4-1-5-12(18)13(11)14-10(7-19-20-14)15(22)21-6-2-3-9(8-21)16(23)24/h1,4-5,7,9H,2-3,6,8H2,(H,19,20)(H,23,24). The molecule has 0 saturated carbocycles. The van der Waals surface area contributed by atoms with E-state index in [2.05, 4.69) is 10.2 Å². The summed E-state index contributed by atoms with van der Waals surface area (Å²) < 4.78 is 28.0. The summed E-state index contributed by atoms with van der Waals surface area (Å²) in [6, 6.07) is 3.41. The first-order chi connectivity index (χ1) is 11.5. The first-order valence-electron chi connectivity index (χ1n) is 7.49. The van der Waals surface area contributed by atoms with Gasteiger partial charge in [-0.15, -0.1) is 0 Å². The fourth-order valence-corrected chi connectivity index (χ4v) is 2.91. The van der Waals surface area contributed by atoms with Crippen LogP contribution in [0.15, 0.2) is 24.4 Å². The number of aromatic amines is 1. The summed E-state index contributed by atoms with van der Waals surface area (Å²) in [5, 5.41) is 15.3. The fourth-order valence-electron chi connectivity index (χ4n) is 2.91. The van der Waals surface area contributed by atoms with E-state index in [0.29, 0.717) is 19.4 Å². The molecule has 0 bridgehead atoms. The maximum atomic E-state index is 14.0. The molecule has 2 heterocycles. The van der Waals surface area contributed by atoms with Crippen LogP contribution in [0.5, 0.6) is 0 Å². The predicted octanol–water partition coefficient (Wildman–Crippen LogP) is 2.29. The highest BCUT2D eigenvalue weighted by molar-refractivity contribution is 6.00. The molecule has 0 aliphatic carbocycles. The zero-order chi connectivity index (χ0) is 17.3. The van der Waals surface area contributed by atoms with Gasteiger partial charge >= 0.3 is 5.97 Å². The van der Waals surface area contributed by atoms with Crippen molar-refractivity contribution in [3.05, 3.63) is 41.6 Å². The normalized spacial score (nSPS) is 17.8. The molecule has 1 fully saturated rings. The summed E-state index contributed by atoms with van der Waals surface area (Å²) in [6.07, 6.45) is 2.26. The van der Waals surface area contributed by atoms with E-state index >= 15 is 0 Å². The lowest BCUT2D eigenvalue weighted by Crippen LogP contribution is -2.42. The highest BCUT2D eigenvalue weighted by atomic mass is 19.1. The Kier molecular flexibility index (Phi) is 4.28. The van der Waals surface area contributed by atoms with Crippen LogP contribution in [0.1, 0.15) is 23.2 Å². The number of hydrogen-bond donors (Lipinski definition) is 2. The number of carbonyl (C=O) groups excluding carboxylic acids is 1. The van der Waals surface area contributed by atoms with Gasteiger partial charge in [-0.1, -0.05) is 6.07 Å². The molecule has 0 spiro atoms. The van der Waals surface area contributed by atoms with E-state index < -0.39 is 29.4 Å². The molecule has 24 heavy (non-hydrogen) atoms. The molecule has 1 atom stereocenters. The molecular formula is C16H15F2N3O3. The summed E-state index contributed by atoms with van der Waals surface area (Å²) in [7, 11) is 0. The third kappa shape index (κ3) is 2.86. The zero-order valence-corrected chi connectivity index (χ0v) is 12.6. The number of nitrogens with zero attached hydrogens (tertiary/aromatic N) is 2. The highest BCUT2D eigenvalue weighted by Gasteiger charge is 2.31. The van der Waals surface area contributed by atoms with E-state index in [0.717, 1.165) is 12.1 Å². The van der Waals surface area contributed by atoms with E-state index in [-0.39, 0.29) is 23.4 Å². The van der Waals surface area contributed by atoms with Crippen LogP contribution in [0.3, 0.4) is 0 Å². The van der Waals surface area contributed by atoms with Crippen molar-refractivity contribution in [1.82, 2.24) is 15.1 Å². The minimum absolute atomic E-state index is 0.0186. The largest absolute Gasteiger partial charge is 0.481 e. The minimum atomic E-state index is -0.958. The van der Waals surface area contributed by atoms with Gasteiger partial charge in [0, 0.05) is 13.1 Å². The van der Waals surface area contributed by atoms with E-state index in [9.17, 15) is 18.4 Å². The lowest BCUT2D eigenvalue weighted by molar-refractivity contribution is -0.143. The van der Waals surface area contributed by atoms with E-state index in [4.69, 9.17) is 5.11 Å². The lowest BCUT2D eigenvalue weighted by atomic mass is 9.97. The number of piperidine rings is 1. The van der Waals surface area contributed by atoms with Crippen molar-refractivity contribution >= 4 is 11.9 Å². The maximum Gasteiger partial charge on any atom is 0.308 e. The zero-order valence-electron chi connectivity index (χ0n) is 12.6. The Balaban J connectivity index is 1.93. The summed E-state index contributed by atoms with van der Waals surface area (Å²) in [5.74, 6) is -3.71. The maximum absolute atomic E-state index is 14.0. The number of benzene rings is 1. The number of aromatic nitrogens is 2. The molecule has 2 aromatic rings. The van der Waals surface area contributed by atoms with Crippen LogP contribution in [0.2, 0.25) is 0 Å². The number of hydrogen-bond acceptors (Lipinski definition) is 3. The molecule has 1 aliphatic rings. The van der Waals surface area contributed by atoms with Crippen LogP contribution in [-0.2, 0) is 4.79 Å². The molecule has 1 aromatic heterocycles. The molecule has 8 heteroatoms. The third-order valence-corrected chi connectivity index (χ3v) is 4.14. The van der Waals surface area contributed by atoms with Gasteiger partial charge in [0.1, 0.15) is 11.6 Å². The second-order valence-electron chi connectivity index (χ2n) is 5.68. The number of carbonyl (C=O) groups is 2. The number of aliphatic carboxylic acids is 1. The van der Waals surface area contributed by atoms with Crippen molar-refractivity contribution in [2.24, 2.45) is 5.92 Å². The first-order valence-corrected chi connectivity index (χ1v) is 7.49. The quantitative estimate of drug-likeness (QED) is 0.901. The van der Waals surface area contributed by atoms with Crippen LogP contribution in [0.4, 0.5) is 8.78 Å². The smallest absolute Gasteiger partial charge is 0.308 e. The summed E-state index contributed by atoms with van der Waals surface area (Å²) in [5.41, 5.74) is -0.386. The average Bonchev–Trinajstić information content (AvgIpc) is 3.03. The molecule has 1 amide bonds. The second-order valence-corrected chi connectivity index (χ2v) is 5.68. The van der Waals surface area contributed by atoms with Crippen molar-refractivity contribution < 1.29 is 23.5 Å². The molecular weight excluding hydrogens is 320 g/mol. The van der Waals surface area contributed by atoms with E-state index in [1.165, 1.54) is 17.2 Å². The van der Waals surface area contributed by atoms with Crippen molar-refractivity contribution in [1.29, 1.82) is 0 Å². The van der Waals surface area contributed by atoms with Crippen LogP contribution in [-0.4, -0.2) is 45.2 Å². The van der Waals surface area contributed by atoms with Crippen LogP contribution >= 0.6 is 0 Å². The first kappa shape index (κ1) is 16.1. The molecule has 2 N–H and O–H groups in total. The number of rotatable bonds is 3. The third-order valence-electron chi connectivity index (χ3n) is 4.14. The molecule has 1 saturated heterocycles. The molecule has 6 nitrogen and oxygen atoms in total. The van der Waals surface area contributed by atoms with Crippen LogP contribution in [0.25, 0.3) is 11.3 Å². The number of nitrogens with one attached hydrogen (secondary N) is 1. The molecule has 1 aromatic carbocycles. The van der Waals surface area contributed by atoms with Gasteiger partial charge in [0.25, 0.3) is 5.91 Å². The fraction of sp³-hybridized carbons (Fsp3) is 0.312. The SMILES string of the molecule is O=C(O)C1CCCN(C(=O)c2cn[nH]c2-c2c(F)cccc2F)C1. The Morgan fingerprint density at radius 3 is 2.67 bits per heavy atom. The van der Waals surface area contributed by atoms with Crippen molar-refractivity contribution in [2.75, 3.05) is 13.1 Å². The second kappa shape index (κ2) is 6.38. The number of amides is 1. The number of likely N-dealkylation sites (tertiary alicyclic amines) is 1. The van der Waals surface area contributed by atoms with Crippen molar-refractivity contribution in [3.63, 3.8) is 0 Å². The van der Waals surface area contributed by atoms with Gasteiger partial charge in [-0.05, 0) is 25.0 Å². The Labute approximate surface area is 136 Å². The summed E-state index contributed by atoms with van der Waals surface area (Å²) in [6.45, 7) is 0.464. The average molecular weight is 335 g/mol. The Morgan fingerprint density at radius 1 is 1.29 bits per heavy atom. The summed E-state index contributed by atoms with van der Waals surface area (Å²) in [4.78, 5) is 25.2. The Hall–Kier alpha value is -2.77. The van der Waals surface area contributed by atoms with E-state index in [1.54, 1.807) is 0 Å². The molecule has 1 aliphatic heterocycles.